The monoisotopic (exact) mass is 282 g/mol. The summed E-state index contributed by atoms with van der Waals surface area (Å²) >= 11 is 0. The first-order valence-electron chi connectivity index (χ1n) is 6.91. The molecule has 0 radical (unpaired) electrons. The maximum absolute atomic E-state index is 11.6. The molecule has 0 heterocycles. The number of carbonyl (C=O) groups is 1. The third-order valence-electron chi connectivity index (χ3n) is 2.50. The number of esters is 1. The number of rotatable bonds is 9. The maximum Gasteiger partial charge on any atom is 0.311 e. The van der Waals surface area contributed by atoms with Gasteiger partial charge in [0.05, 0.1) is 13.2 Å². The zero-order chi connectivity index (χ0) is 14.8. The molecular weight excluding hydrogens is 260 g/mol. The van der Waals surface area contributed by atoms with E-state index in [4.69, 9.17) is 19.3 Å². The summed E-state index contributed by atoms with van der Waals surface area (Å²) in [5, 5.41) is 8.67. The number of hydrogen-bond acceptors (Lipinski definition) is 5. The predicted molar refractivity (Wildman–Crippen MR) is 75.4 cm³/mol. The zero-order valence-corrected chi connectivity index (χ0v) is 12.1. The molecule has 0 saturated carbocycles. The molecule has 20 heavy (non-hydrogen) atoms. The highest BCUT2D eigenvalue weighted by atomic mass is 16.5. The molecule has 5 heteroatoms. The van der Waals surface area contributed by atoms with Crippen molar-refractivity contribution in [2.45, 2.75) is 33.1 Å². The summed E-state index contributed by atoms with van der Waals surface area (Å²) in [7, 11) is 0. The topological polar surface area (TPSA) is 65.0 Å². The van der Waals surface area contributed by atoms with Gasteiger partial charge in [0.25, 0.3) is 0 Å². The number of carbonyl (C=O) groups excluding carboxylic acids is 1. The second kappa shape index (κ2) is 9.20. The molecule has 0 aliphatic rings. The van der Waals surface area contributed by atoms with Crippen molar-refractivity contribution in [3.05, 3.63) is 18.2 Å². The molecule has 0 fully saturated rings. The average Bonchev–Trinajstić information content (AvgIpc) is 2.39. The van der Waals surface area contributed by atoms with E-state index in [0.29, 0.717) is 43.3 Å². The van der Waals surface area contributed by atoms with Gasteiger partial charge in [0, 0.05) is 31.2 Å². The van der Waals surface area contributed by atoms with Gasteiger partial charge in [-0.05, 0) is 26.7 Å². The number of benzene rings is 1. The van der Waals surface area contributed by atoms with Crippen LogP contribution in [0.4, 0.5) is 0 Å². The third kappa shape index (κ3) is 5.93. The SMILES string of the molecule is CCOc1cc(OCC)cc(OC(=O)CCCCO)c1. The van der Waals surface area contributed by atoms with Crippen molar-refractivity contribution in [3.8, 4) is 17.2 Å². The van der Waals surface area contributed by atoms with Gasteiger partial charge in [-0.2, -0.15) is 0 Å². The van der Waals surface area contributed by atoms with E-state index in [1.54, 1.807) is 18.2 Å². The van der Waals surface area contributed by atoms with Crippen LogP contribution in [0, 0.1) is 0 Å². The summed E-state index contributed by atoms with van der Waals surface area (Å²) in [4.78, 5) is 11.6. The number of unbranched alkanes of at least 4 members (excludes halogenated alkanes) is 1. The van der Waals surface area contributed by atoms with Gasteiger partial charge < -0.3 is 19.3 Å². The lowest BCUT2D eigenvalue weighted by Crippen LogP contribution is -2.08. The van der Waals surface area contributed by atoms with Gasteiger partial charge in [-0.1, -0.05) is 0 Å². The molecule has 1 aromatic carbocycles. The molecule has 0 amide bonds. The van der Waals surface area contributed by atoms with Crippen LogP contribution in [-0.4, -0.2) is 30.9 Å². The fourth-order valence-electron chi connectivity index (χ4n) is 1.67. The average molecular weight is 282 g/mol. The van der Waals surface area contributed by atoms with E-state index in [9.17, 15) is 4.79 Å². The van der Waals surface area contributed by atoms with Gasteiger partial charge in [-0.25, -0.2) is 0 Å². The van der Waals surface area contributed by atoms with Crippen molar-refractivity contribution in [2.75, 3.05) is 19.8 Å². The minimum atomic E-state index is -0.324. The van der Waals surface area contributed by atoms with Gasteiger partial charge >= 0.3 is 5.97 Å². The molecule has 1 rings (SSSR count). The Morgan fingerprint density at radius 2 is 1.55 bits per heavy atom. The first-order valence-corrected chi connectivity index (χ1v) is 6.91. The van der Waals surface area contributed by atoms with Crippen LogP contribution >= 0.6 is 0 Å². The summed E-state index contributed by atoms with van der Waals surface area (Å²) in [5.74, 6) is 1.30. The Hall–Kier alpha value is -1.75. The standard InChI is InChI=1S/C15H22O5/c1-3-18-12-9-13(19-4-2)11-14(10-12)20-15(17)7-5-6-8-16/h9-11,16H,3-8H2,1-2H3. The van der Waals surface area contributed by atoms with Gasteiger partial charge in [-0.15, -0.1) is 0 Å². The summed E-state index contributed by atoms with van der Waals surface area (Å²) in [6, 6.07) is 5.09. The third-order valence-corrected chi connectivity index (χ3v) is 2.50. The lowest BCUT2D eigenvalue weighted by atomic mass is 10.2. The Morgan fingerprint density at radius 3 is 2.05 bits per heavy atom. The molecule has 0 aliphatic carbocycles. The second-order valence-electron chi connectivity index (χ2n) is 4.16. The van der Waals surface area contributed by atoms with Crippen molar-refractivity contribution in [1.82, 2.24) is 0 Å². The number of aliphatic hydroxyl groups is 1. The van der Waals surface area contributed by atoms with Crippen molar-refractivity contribution in [3.63, 3.8) is 0 Å². The van der Waals surface area contributed by atoms with Crippen LogP contribution in [0.25, 0.3) is 0 Å². The Kier molecular flexibility index (Phi) is 7.50. The van der Waals surface area contributed by atoms with E-state index in [1.807, 2.05) is 13.8 Å². The van der Waals surface area contributed by atoms with Crippen LogP contribution in [0.3, 0.4) is 0 Å². The van der Waals surface area contributed by atoms with Crippen LogP contribution in [0.1, 0.15) is 33.1 Å². The highest BCUT2D eigenvalue weighted by Gasteiger charge is 2.08. The smallest absolute Gasteiger partial charge is 0.311 e. The van der Waals surface area contributed by atoms with Crippen molar-refractivity contribution < 1.29 is 24.1 Å². The summed E-state index contributed by atoms with van der Waals surface area (Å²) in [6.45, 7) is 4.91. The molecule has 0 bridgehead atoms. The highest BCUT2D eigenvalue weighted by molar-refractivity contribution is 5.72. The van der Waals surface area contributed by atoms with Crippen molar-refractivity contribution in [1.29, 1.82) is 0 Å². The van der Waals surface area contributed by atoms with Crippen LogP contribution < -0.4 is 14.2 Å². The minimum absolute atomic E-state index is 0.0849. The molecule has 0 spiro atoms. The number of hydrogen-bond donors (Lipinski definition) is 1. The number of ether oxygens (including phenoxy) is 3. The molecule has 5 nitrogen and oxygen atoms in total. The Morgan fingerprint density at radius 1 is 1.00 bits per heavy atom. The second-order valence-corrected chi connectivity index (χ2v) is 4.16. The summed E-state index contributed by atoms with van der Waals surface area (Å²) < 4.78 is 16.1. The Labute approximate surface area is 119 Å². The number of aliphatic hydroxyl groups excluding tert-OH is 1. The lowest BCUT2D eigenvalue weighted by molar-refractivity contribution is -0.134. The van der Waals surface area contributed by atoms with E-state index in [2.05, 4.69) is 0 Å². The van der Waals surface area contributed by atoms with E-state index in [-0.39, 0.29) is 19.0 Å². The molecule has 1 N–H and O–H groups in total. The quantitative estimate of drug-likeness (QED) is 0.428. The van der Waals surface area contributed by atoms with Crippen LogP contribution in [-0.2, 0) is 4.79 Å². The van der Waals surface area contributed by atoms with Crippen LogP contribution in [0.15, 0.2) is 18.2 Å². The van der Waals surface area contributed by atoms with E-state index in [1.165, 1.54) is 0 Å². The van der Waals surface area contributed by atoms with Gasteiger partial charge in [0.2, 0.25) is 0 Å². The molecule has 0 saturated heterocycles. The molecule has 0 atom stereocenters. The van der Waals surface area contributed by atoms with E-state index < -0.39 is 0 Å². The molecule has 1 aromatic rings. The van der Waals surface area contributed by atoms with Crippen molar-refractivity contribution in [2.24, 2.45) is 0 Å². The van der Waals surface area contributed by atoms with Crippen LogP contribution in [0.2, 0.25) is 0 Å². The molecular formula is C15H22O5. The summed E-state index contributed by atoms with van der Waals surface area (Å²) in [5.41, 5.74) is 0. The highest BCUT2D eigenvalue weighted by Crippen LogP contribution is 2.28. The largest absolute Gasteiger partial charge is 0.494 e. The Bertz CT molecular complexity index is 392. The zero-order valence-electron chi connectivity index (χ0n) is 12.1. The molecule has 0 aromatic heterocycles. The van der Waals surface area contributed by atoms with Gasteiger partial charge in [0.1, 0.15) is 17.2 Å². The lowest BCUT2D eigenvalue weighted by Gasteiger charge is -2.11. The molecule has 0 aliphatic heterocycles. The first-order chi connectivity index (χ1) is 9.69. The maximum atomic E-state index is 11.6. The fourth-order valence-corrected chi connectivity index (χ4v) is 1.67. The van der Waals surface area contributed by atoms with Gasteiger partial charge in [-0.3, -0.25) is 4.79 Å². The van der Waals surface area contributed by atoms with Crippen molar-refractivity contribution >= 4 is 5.97 Å². The minimum Gasteiger partial charge on any atom is -0.494 e. The summed E-state index contributed by atoms with van der Waals surface area (Å²) in [6.07, 6.45) is 1.49. The predicted octanol–water partition coefficient (Wildman–Crippen LogP) is 2.55. The normalized spacial score (nSPS) is 10.2. The first kappa shape index (κ1) is 16.3. The fraction of sp³-hybridized carbons (Fsp3) is 0.533. The van der Waals surface area contributed by atoms with E-state index in [0.717, 1.165) is 0 Å². The van der Waals surface area contributed by atoms with Crippen LogP contribution in [0.5, 0.6) is 17.2 Å². The molecule has 112 valence electrons. The molecule has 0 unspecified atom stereocenters. The van der Waals surface area contributed by atoms with Gasteiger partial charge in [0.15, 0.2) is 0 Å². The Balaban J connectivity index is 2.69. The van der Waals surface area contributed by atoms with E-state index >= 15 is 0 Å².